The molecule has 120 valence electrons. The molecule has 3 rings (SSSR count). The van der Waals surface area contributed by atoms with Crippen LogP contribution in [0.25, 0.3) is 10.9 Å². The topological polar surface area (TPSA) is 70.8 Å². The van der Waals surface area contributed by atoms with Crippen molar-refractivity contribution in [3.8, 4) is 11.8 Å². The molecule has 1 aromatic heterocycles. The van der Waals surface area contributed by atoms with Crippen molar-refractivity contribution in [3.05, 3.63) is 59.4 Å². The van der Waals surface area contributed by atoms with Crippen LogP contribution in [0.1, 0.15) is 11.1 Å². The third-order valence-corrected chi connectivity index (χ3v) is 3.53. The summed E-state index contributed by atoms with van der Waals surface area (Å²) in [7, 11) is 1.36. The van der Waals surface area contributed by atoms with Crippen LogP contribution >= 0.6 is 0 Å². The summed E-state index contributed by atoms with van der Waals surface area (Å²) in [5, 5.41) is 12.4. The Labute approximate surface area is 136 Å². The molecule has 0 saturated heterocycles. The SMILES string of the molecule is COc1cc2c(NCc3cc(C#N)ccc3F)ncnc2cc1F. The average molecular weight is 326 g/mol. The molecule has 0 unspecified atom stereocenters. The maximum Gasteiger partial charge on any atom is 0.167 e. The van der Waals surface area contributed by atoms with Crippen LogP contribution in [-0.4, -0.2) is 17.1 Å². The lowest BCUT2D eigenvalue weighted by atomic mass is 10.1. The normalized spacial score (nSPS) is 10.4. The van der Waals surface area contributed by atoms with E-state index in [-0.39, 0.29) is 12.3 Å². The monoisotopic (exact) mass is 326 g/mol. The van der Waals surface area contributed by atoms with Crippen LogP contribution in [-0.2, 0) is 6.54 Å². The molecule has 0 fully saturated rings. The number of ether oxygens (including phenoxy) is 1. The summed E-state index contributed by atoms with van der Waals surface area (Å²) in [6, 6.07) is 8.81. The number of hydrogen-bond acceptors (Lipinski definition) is 5. The highest BCUT2D eigenvalue weighted by molar-refractivity contribution is 5.90. The molecule has 5 nitrogen and oxygen atoms in total. The molecular formula is C17H12F2N4O. The van der Waals surface area contributed by atoms with Gasteiger partial charge in [0, 0.05) is 23.6 Å². The van der Waals surface area contributed by atoms with Gasteiger partial charge in [-0.05, 0) is 24.3 Å². The van der Waals surface area contributed by atoms with Crippen LogP contribution in [0.4, 0.5) is 14.6 Å². The van der Waals surface area contributed by atoms with Crippen LogP contribution in [0.2, 0.25) is 0 Å². The molecule has 3 aromatic rings. The number of anilines is 1. The van der Waals surface area contributed by atoms with E-state index in [0.29, 0.717) is 27.8 Å². The fraction of sp³-hybridized carbons (Fsp3) is 0.118. The van der Waals surface area contributed by atoms with Gasteiger partial charge in [-0.3, -0.25) is 0 Å². The summed E-state index contributed by atoms with van der Waals surface area (Å²) >= 11 is 0. The maximum atomic E-state index is 13.8. The van der Waals surface area contributed by atoms with Gasteiger partial charge in [-0.15, -0.1) is 0 Å². The van der Waals surface area contributed by atoms with Gasteiger partial charge < -0.3 is 10.1 Å². The number of nitriles is 1. The Kier molecular flexibility index (Phi) is 4.20. The van der Waals surface area contributed by atoms with Gasteiger partial charge in [0.2, 0.25) is 0 Å². The van der Waals surface area contributed by atoms with E-state index >= 15 is 0 Å². The van der Waals surface area contributed by atoms with Gasteiger partial charge in [0.15, 0.2) is 11.6 Å². The minimum absolute atomic E-state index is 0.0676. The minimum atomic E-state index is -0.526. The van der Waals surface area contributed by atoms with E-state index < -0.39 is 11.6 Å². The van der Waals surface area contributed by atoms with Crippen LogP contribution in [0.5, 0.6) is 5.75 Å². The number of benzene rings is 2. The summed E-state index contributed by atoms with van der Waals surface area (Å²) in [6.45, 7) is 0.118. The average Bonchev–Trinajstić information content (AvgIpc) is 2.60. The Morgan fingerprint density at radius 3 is 2.75 bits per heavy atom. The summed E-state index contributed by atoms with van der Waals surface area (Å²) in [4.78, 5) is 8.13. The van der Waals surface area contributed by atoms with Crippen molar-refractivity contribution in [1.29, 1.82) is 5.26 Å². The number of hydrogen-bond donors (Lipinski definition) is 1. The molecule has 0 aliphatic heterocycles. The van der Waals surface area contributed by atoms with Gasteiger partial charge in [0.05, 0.1) is 24.3 Å². The molecule has 0 aliphatic rings. The molecule has 0 bridgehead atoms. The summed E-state index contributed by atoms with van der Waals surface area (Å²) in [5.74, 6) is -0.469. The van der Waals surface area contributed by atoms with E-state index in [0.717, 1.165) is 0 Å². The number of nitrogens with one attached hydrogen (secondary N) is 1. The highest BCUT2D eigenvalue weighted by atomic mass is 19.1. The molecule has 0 saturated carbocycles. The van der Waals surface area contributed by atoms with Crippen LogP contribution in [0.15, 0.2) is 36.7 Å². The van der Waals surface area contributed by atoms with E-state index in [1.54, 1.807) is 0 Å². The van der Waals surface area contributed by atoms with Gasteiger partial charge >= 0.3 is 0 Å². The fourth-order valence-corrected chi connectivity index (χ4v) is 2.31. The lowest BCUT2D eigenvalue weighted by Crippen LogP contribution is -2.05. The smallest absolute Gasteiger partial charge is 0.167 e. The van der Waals surface area contributed by atoms with Gasteiger partial charge in [-0.25, -0.2) is 18.7 Å². The summed E-state index contributed by atoms with van der Waals surface area (Å²) in [6.07, 6.45) is 1.29. The first-order valence-electron chi connectivity index (χ1n) is 7.03. The van der Waals surface area contributed by atoms with E-state index in [1.165, 1.54) is 43.8 Å². The molecule has 0 radical (unpaired) electrons. The largest absolute Gasteiger partial charge is 0.494 e. The van der Waals surface area contributed by atoms with Gasteiger partial charge in [0.1, 0.15) is 18.0 Å². The van der Waals surface area contributed by atoms with Gasteiger partial charge in [0.25, 0.3) is 0 Å². The molecule has 0 amide bonds. The number of nitrogens with zero attached hydrogens (tertiary/aromatic N) is 3. The minimum Gasteiger partial charge on any atom is -0.494 e. The van der Waals surface area contributed by atoms with Crippen molar-refractivity contribution >= 4 is 16.7 Å². The second-order valence-electron chi connectivity index (χ2n) is 5.00. The van der Waals surface area contributed by atoms with E-state index in [9.17, 15) is 8.78 Å². The Balaban J connectivity index is 1.95. The summed E-state index contributed by atoms with van der Waals surface area (Å²) < 4.78 is 32.6. The number of fused-ring (bicyclic) bond motifs is 1. The van der Waals surface area contributed by atoms with E-state index in [4.69, 9.17) is 10.00 Å². The lowest BCUT2D eigenvalue weighted by molar-refractivity contribution is 0.387. The first kappa shape index (κ1) is 15.6. The second kappa shape index (κ2) is 6.46. The highest BCUT2D eigenvalue weighted by Crippen LogP contribution is 2.27. The highest BCUT2D eigenvalue weighted by Gasteiger charge is 2.11. The maximum absolute atomic E-state index is 13.8. The molecule has 24 heavy (non-hydrogen) atoms. The Bertz CT molecular complexity index is 953. The van der Waals surface area contributed by atoms with Crippen molar-refractivity contribution in [2.75, 3.05) is 12.4 Å². The van der Waals surface area contributed by atoms with E-state index in [2.05, 4.69) is 15.3 Å². The predicted octanol–water partition coefficient (Wildman–Crippen LogP) is 3.40. The Morgan fingerprint density at radius 2 is 2.00 bits per heavy atom. The molecular weight excluding hydrogens is 314 g/mol. The third-order valence-electron chi connectivity index (χ3n) is 3.53. The van der Waals surface area contributed by atoms with Crippen molar-refractivity contribution in [2.45, 2.75) is 6.54 Å². The van der Waals surface area contributed by atoms with Crippen LogP contribution in [0, 0.1) is 23.0 Å². The molecule has 0 spiro atoms. The van der Waals surface area contributed by atoms with Gasteiger partial charge in [-0.1, -0.05) is 0 Å². The number of aromatic nitrogens is 2. The Morgan fingerprint density at radius 1 is 1.17 bits per heavy atom. The molecule has 1 heterocycles. The van der Waals surface area contributed by atoms with Crippen LogP contribution in [0.3, 0.4) is 0 Å². The van der Waals surface area contributed by atoms with E-state index in [1.807, 2.05) is 6.07 Å². The zero-order valence-electron chi connectivity index (χ0n) is 12.7. The number of rotatable bonds is 4. The standard InChI is InChI=1S/C17H12F2N4O/c1-24-16-5-12-15(6-14(16)19)22-9-23-17(12)21-8-11-4-10(7-20)2-3-13(11)18/h2-6,9H,8H2,1H3,(H,21,22,23). The molecule has 0 atom stereocenters. The zero-order chi connectivity index (χ0) is 17.1. The number of methoxy groups -OCH3 is 1. The summed E-state index contributed by atoms with van der Waals surface area (Å²) in [5.41, 5.74) is 1.09. The number of halogens is 2. The van der Waals surface area contributed by atoms with Crippen molar-refractivity contribution < 1.29 is 13.5 Å². The first-order valence-corrected chi connectivity index (χ1v) is 7.03. The zero-order valence-corrected chi connectivity index (χ0v) is 12.7. The van der Waals surface area contributed by atoms with Crippen LogP contribution < -0.4 is 10.1 Å². The van der Waals surface area contributed by atoms with Crippen molar-refractivity contribution in [3.63, 3.8) is 0 Å². The molecule has 1 N–H and O–H groups in total. The fourth-order valence-electron chi connectivity index (χ4n) is 2.31. The first-order chi connectivity index (χ1) is 11.6. The van der Waals surface area contributed by atoms with Crippen molar-refractivity contribution in [2.24, 2.45) is 0 Å². The quantitative estimate of drug-likeness (QED) is 0.795. The lowest BCUT2D eigenvalue weighted by Gasteiger charge is -2.10. The Hall–Kier alpha value is -3.27. The molecule has 2 aromatic carbocycles. The molecule has 0 aliphatic carbocycles. The van der Waals surface area contributed by atoms with Crippen molar-refractivity contribution in [1.82, 2.24) is 9.97 Å². The van der Waals surface area contributed by atoms with Gasteiger partial charge in [-0.2, -0.15) is 5.26 Å². The molecule has 7 heteroatoms. The predicted molar refractivity (Wildman–Crippen MR) is 84.5 cm³/mol. The second-order valence-corrected chi connectivity index (χ2v) is 5.00. The third kappa shape index (κ3) is 2.94.